The molecule has 1 N–H and O–H groups in total. The van der Waals surface area contributed by atoms with Crippen LogP contribution in [0.5, 0.6) is 11.5 Å². The van der Waals surface area contributed by atoms with Gasteiger partial charge in [0.05, 0.1) is 12.1 Å². The van der Waals surface area contributed by atoms with E-state index in [0.29, 0.717) is 25.3 Å². The first-order chi connectivity index (χ1) is 11.2. The maximum Gasteiger partial charge on any atom is 0.250 e. The predicted octanol–water partition coefficient (Wildman–Crippen LogP) is 2.97. The molecule has 3 rings (SSSR count). The van der Waals surface area contributed by atoms with E-state index in [0.717, 1.165) is 22.6 Å². The molecule has 0 fully saturated rings. The van der Waals surface area contributed by atoms with Crippen molar-refractivity contribution in [2.75, 3.05) is 19.8 Å². The van der Waals surface area contributed by atoms with E-state index in [1.165, 1.54) is 0 Å². The minimum absolute atomic E-state index is 0.118. The zero-order chi connectivity index (χ0) is 16.1. The lowest BCUT2D eigenvalue weighted by Gasteiger charge is -2.17. The fraction of sp³-hybridized carbons (Fsp3) is 0.211. The summed E-state index contributed by atoms with van der Waals surface area (Å²) in [7, 11) is 0. The molecule has 1 amide bonds. The molecule has 0 unspecified atom stereocenters. The highest BCUT2D eigenvalue weighted by atomic mass is 16.5. The summed E-state index contributed by atoms with van der Waals surface area (Å²) in [5.41, 5.74) is 2.70. The highest BCUT2D eigenvalue weighted by Crippen LogP contribution is 2.25. The molecule has 0 radical (unpaired) electrons. The van der Waals surface area contributed by atoms with Gasteiger partial charge in [-0.15, -0.1) is 0 Å². The lowest BCUT2D eigenvalue weighted by molar-refractivity contribution is -0.117. The Balaban J connectivity index is 1.50. The Morgan fingerprint density at radius 2 is 2.09 bits per heavy atom. The van der Waals surface area contributed by atoms with Crippen LogP contribution in [-0.2, 0) is 4.79 Å². The molecular formula is C19H19NO3. The van der Waals surface area contributed by atoms with Crippen LogP contribution in [0.25, 0.3) is 6.08 Å². The molecule has 0 atom stereocenters. The molecule has 0 saturated carbocycles. The fourth-order valence-corrected chi connectivity index (χ4v) is 2.40. The number of hydrogen-bond donors (Lipinski definition) is 1. The zero-order valence-electron chi connectivity index (χ0n) is 13.0. The SMILES string of the molecule is Cc1cccc(OCCNC(=O)C2=Cc3ccccc3OC2)c1. The first kappa shape index (κ1) is 15.2. The van der Waals surface area contributed by atoms with Crippen LogP contribution in [0.2, 0.25) is 0 Å². The zero-order valence-corrected chi connectivity index (χ0v) is 13.0. The summed E-state index contributed by atoms with van der Waals surface area (Å²) in [4.78, 5) is 12.2. The average Bonchev–Trinajstić information content (AvgIpc) is 2.58. The van der Waals surface area contributed by atoms with Gasteiger partial charge in [-0.25, -0.2) is 0 Å². The van der Waals surface area contributed by atoms with Gasteiger partial charge in [-0.3, -0.25) is 4.79 Å². The summed E-state index contributed by atoms with van der Waals surface area (Å²) in [6.07, 6.45) is 1.87. The first-order valence-corrected chi connectivity index (χ1v) is 7.62. The van der Waals surface area contributed by atoms with E-state index < -0.39 is 0 Å². The Morgan fingerprint density at radius 3 is 2.96 bits per heavy atom. The number of rotatable bonds is 5. The van der Waals surface area contributed by atoms with Crippen LogP contribution >= 0.6 is 0 Å². The van der Waals surface area contributed by atoms with E-state index in [1.54, 1.807) is 0 Å². The van der Waals surface area contributed by atoms with Crippen molar-refractivity contribution < 1.29 is 14.3 Å². The number of ether oxygens (including phenoxy) is 2. The summed E-state index contributed by atoms with van der Waals surface area (Å²) in [6, 6.07) is 15.5. The van der Waals surface area contributed by atoms with Crippen LogP contribution in [0.15, 0.2) is 54.1 Å². The molecule has 0 aliphatic carbocycles. The highest BCUT2D eigenvalue weighted by Gasteiger charge is 2.16. The second-order valence-electron chi connectivity index (χ2n) is 5.42. The van der Waals surface area contributed by atoms with Crippen LogP contribution < -0.4 is 14.8 Å². The van der Waals surface area contributed by atoms with Crippen molar-refractivity contribution in [1.29, 1.82) is 0 Å². The summed E-state index contributed by atoms with van der Waals surface area (Å²) < 4.78 is 11.2. The number of amides is 1. The van der Waals surface area contributed by atoms with Crippen LogP contribution in [0.1, 0.15) is 11.1 Å². The second-order valence-corrected chi connectivity index (χ2v) is 5.42. The van der Waals surface area contributed by atoms with E-state index in [1.807, 2.05) is 61.5 Å². The van der Waals surface area contributed by atoms with Crippen molar-refractivity contribution in [3.05, 3.63) is 65.2 Å². The molecule has 2 aromatic carbocycles. The average molecular weight is 309 g/mol. The number of fused-ring (bicyclic) bond motifs is 1. The minimum Gasteiger partial charge on any atom is -0.492 e. The third kappa shape index (κ3) is 3.92. The standard InChI is InChI=1S/C19H19NO3/c1-14-5-4-7-17(11-14)22-10-9-20-19(21)16-12-15-6-2-3-8-18(15)23-13-16/h2-8,11-12H,9-10,13H2,1H3,(H,20,21). The Morgan fingerprint density at radius 1 is 1.22 bits per heavy atom. The van der Waals surface area contributed by atoms with Gasteiger partial charge in [-0.2, -0.15) is 0 Å². The van der Waals surface area contributed by atoms with E-state index in [4.69, 9.17) is 9.47 Å². The molecule has 2 aromatic rings. The van der Waals surface area contributed by atoms with Gasteiger partial charge in [0, 0.05) is 5.56 Å². The molecule has 118 valence electrons. The number of aryl methyl sites for hydroxylation is 1. The molecule has 1 aliphatic rings. The molecule has 4 heteroatoms. The minimum atomic E-state index is -0.118. The van der Waals surface area contributed by atoms with E-state index in [9.17, 15) is 4.79 Å². The number of carbonyl (C=O) groups is 1. The maximum absolute atomic E-state index is 12.2. The Labute approximate surface area is 135 Å². The van der Waals surface area contributed by atoms with Gasteiger partial charge in [0.15, 0.2) is 0 Å². The second kappa shape index (κ2) is 7.01. The number of nitrogens with one attached hydrogen (secondary N) is 1. The van der Waals surface area contributed by atoms with Gasteiger partial charge in [0.1, 0.15) is 24.7 Å². The largest absolute Gasteiger partial charge is 0.492 e. The van der Waals surface area contributed by atoms with Crippen molar-refractivity contribution in [2.45, 2.75) is 6.92 Å². The van der Waals surface area contributed by atoms with E-state index in [-0.39, 0.29) is 5.91 Å². The van der Waals surface area contributed by atoms with E-state index >= 15 is 0 Å². The number of benzene rings is 2. The molecular weight excluding hydrogens is 290 g/mol. The van der Waals surface area contributed by atoms with Gasteiger partial charge in [-0.1, -0.05) is 30.3 Å². The quantitative estimate of drug-likeness (QED) is 0.864. The van der Waals surface area contributed by atoms with Crippen LogP contribution in [0.4, 0.5) is 0 Å². The van der Waals surface area contributed by atoms with E-state index in [2.05, 4.69) is 5.32 Å². The third-order valence-electron chi connectivity index (χ3n) is 3.57. The molecule has 23 heavy (non-hydrogen) atoms. The first-order valence-electron chi connectivity index (χ1n) is 7.62. The molecule has 0 saturated heterocycles. The predicted molar refractivity (Wildman–Crippen MR) is 89.6 cm³/mol. The van der Waals surface area contributed by atoms with Crippen LogP contribution in [0.3, 0.4) is 0 Å². The Hall–Kier alpha value is -2.75. The molecule has 1 aliphatic heterocycles. The fourth-order valence-electron chi connectivity index (χ4n) is 2.40. The van der Waals surface area contributed by atoms with Gasteiger partial charge in [0.25, 0.3) is 5.91 Å². The summed E-state index contributed by atoms with van der Waals surface area (Å²) in [6.45, 7) is 3.19. The van der Waals surface area contributed by atoms with Gasteiger partial charge in [-0.05, 0) is 36.8 Å². The molecule has 0 bridgehead atoms. The normalized spacial score (nSPS) is 12.7. The van der Waals surface area contributed by atoms with Crippen LogP contribution in [0, 0.1) is 6.92 Å². The number of hydrogen-bond acceptors (Lipinski definition) is 3. The van der Waals surface area contributed by atoms with Crippen molar-refractivity contribution >= 4 is 12.0 Å². The lowest BCUT2D eigenvalue weighted by atomic mass is 10.1. The summed E-state index contributed by atoms with van der Waals surface area (Å²) in [5, 5.41) is 2.86. The topological polar surface area (TPSA) is 47.6 Å². The van der Waals surface area contributed by atoms with Crippen molar-refractivity contribution in [1.82, 2.24) is 5.32 Å². The molecule has 1 heterocycles. The summed E-state index contributed by atoms with van der Waals surface area (Å²) >= 11 is 0. The molecule has 4 nitrogen and oxygen atoms in total. The van der Waals surface area contributed by atoms with Crippen molar-refractivity contribution in [2.24, 2.45) is 0 Å². The lowest BCUT2D eigenvalue weighted by Crippen LogP contribution is -2.31. The smallest absolute Gasteiger partial charge is 0.250 e. The Bertz CT molecular complexity index is 737. The molecule has 0 spiro atoms. The number of para-hydroxylation sites is 1. The van der Waals surface area contributed by atoms with Crippen molar-refractivity contribution in [3.8, 4) is 11.5 Å². The summed E-state index contributed by atoms with van der Waals surface area (Å²) in [5.74, 6) is 1.51. The van der Waals surface area contributed by atoms with Gasteiger partial charge < -0.3 is 14.8 Å². The maximum atomic E-state index is 12.2. The van der Waals surface area contributed by atoms with Crippen LogP contribution in [-0.4, -0.2) is 25.7 Å². The number of carbonyl (C=O) groups excluding carboxylic acids is 1. The monoisotopic (exact) mass is 309 g/mol. The third-order valence-corrected chi connectivity index (χ3v) is 3.57. The van der Waals surface area contributed by atoms with Gasteiger partial charge in [0.2, 0.25) is 0 Å². The highest BCUT2D eigenvalue weighted by molar-refractivity contribution is 5.99. The molecule has 0 aromatic heterocycles. The van der Waals surface area contributed by atoms with Gasteiger partial charge >= 0.3 is 0 Å². The Kier molecular flexibility index (Phi) is 4.62. The van der Waals surface area contributed by atoms with Crippen molar-refractivity contribution in [3.63, 3.8) is 0 Å².